The fourth-order valence-electron chi connectivity index (χ4n) is 5.15. The molecule has 2 aromatic carbocycles. The lowest BCUT2D eigenvalue weighted by molar-refractivity contribution is -0.148. The molecule has 1 aliphatic heterocycles. The summed E-state index contributed by atoms with van der Waals surface area (Å²) in [5.41, 5.74) is 0. The lowest BCUT2D eigenvalue weighted by Gasteiger charge is -2.19. The highest BCUT2D eigenvalue weighted by Crippen LogP contribution is 2.56. The van der Waals surface area contributed by atoms with E-state index in [1.165, 1.54) is 0 Å². The number of hydrogen-bond acceptors (Lipinski definition) is 4. The Morgan fingerprint density at radius 3 is 2.31 bits per heavy atom. The second kappa shape index (κ2) is 5.66. The van der Waals surface area contributed by atoms with Crippen LogP contribution < -0.4 is 4.74 Å². The Bertz CT molecular complexity index is 909. The summed E-state index contributed by atoms with van der Waals surface area (Å²) in [5.74, 6) is -0.261. The van der Waals surface area contributed by atoms with E-state index in [-0.39, 0.29) is 30.2 Å². The molecule has 5 heteroatoms. The third kappa shape index (κ3) is 2.26. The van der Waals surface area contributed by atoms with Crippen LogP contribution >= 0.6 is 0 Å². The summed E-state index contributed by atoms with van der Waals surface area (Å²) in [6.45, 7) is -0.295. The second-order valence-corrected chi connectivity index (χ2v) is 7.63. The van der Waals surface area contributed by atoms with Crippen molar-refractivity contribution in [2.24, 2.45) is 23.7 Å². The summed E-state index contributed by atoms with van der Waals surface area (Å²) in [7, 11) is 0. The second-order valence-electron chi connectivity index (χ2n) is 7.63. The van der Waals surface area contributed by atoms with Crippen molar-refractivity contribution >= 4 is 28.6 Å². The number of rotatable bonds is 3. The maximum atomic E-state index is 12.6. The van der Waals surface area contributed by atoms with Crippen LogP contribution in [-0.4, -0.2) is 29.2 Å². The zero-order chi connectivity index (χ0) is 17.8. The topological polar surface area (TPSA) is 63.7 Å². The number of benzene rings is 2. The van der Waals surface area contributed by atoms with Crippen molar-refractivity contribution < 1.29 is 19.1 Å². The molecule has 132 valence electrons. The Morgan fingerprint density at radius 2 is 1.62 bits per heavy atom. The molecule has 26 heavy (non-hydrogen) atoms. The fourth-order valence-corrected chi connectivity index (χ4v) is 5.15. The van der Waals surface area contributed by atoms with Crippen LogP contribution in [-0.2, 0) is 14.4 Å². The van der Waals surface area contributed by atoms with Crippen LogP contribution in [0.3, 0.4) is 0 Å². The van der Waals surface area contributed by atoms with E-state index in [0.717, 1.165) is 34.9 Å². The van der Waals surface area contributed by atoms with E-state index < -0.39 is 5.97 Å². The largest absolute Gasteiger partial charge is 0.425 e. The Kier molecular flexibility index (Phi) is 3.39. The fraction of sp³-hybridized carbons (Fsp3) is 0.381. The number of amides is 2. The molecule has 4 unspecified atom stereocenters. The molecule has 5 rings (SSSR count). The SMILES string of the molecule is O=C(CN1C(=O)C2C3CCC(C3)C2C1=O)Oc1ccc2ccccc2c1. The predicted molar refractivity (Wildman–Crippen MR) is 94.1 cm³/mol. The van der Waals surface area contributed by atoms with E-state index in [4.69, 9.17) is 4.74 Å². The average Bonchev–Trinajstić information content (AvgIpc) is 3.32. The van der Waals surface area contributed by atoms with E-state index >= 15 is 0 Å². The van der Waals surface area contributed by atoms with Crippen molar-refractivity contribution in [3.63, 3.8) is 0 Å². The molecule has 4 atom stereocenters. The molecule has 0 spiro atoms. The molecule has 5 nitrogen and oxygen atoms in total. The molecule has 2 aromatic rings. The van der Waals surface area contributed by atoms with Crippen LogP contribution in [0.1, 0.15) is 19.3 Å². The van der Waals surface area contributed by atoms with Crippen molar-refractivity contribution in [1.82, 2.24) is 4.90 Å². The smallest absolute Gasteiger partial charge is 0.331 e. The lowest BCUT2D eigenvalue weighted by atomic mass is 9.81. The number of hydrogen-bond donors (Lipinski definition) is 0. The minimum Gasteiger partial charge on any atom is -0.425 e. The molecule has 3 fully saturated rings. The Morgan fingerprint density at radius 1 is 0.962 bits per heavy atom. The quantitative estimate of drug-likeness (QED) is 0.486. The minimum absolute atomic E-state index is 0.178. The number of esters is 1. The number of likely N-dealkylation sites (tertiary alicyclic amines) is 1. The van der Waals surface area contributed by atoms with Crippen LogP contribution in [0, 0.1) is 23.7 Å². The first kappa shape index (κ1) is 15.6. The summed E-state index contributed by atoms with van der Waals surface area (Å²) in [4.78, 5) is 38.7. The first-order valence-corrected chi connectivity index (χ1v) is 9.16. The first-order chi connectivity index (χ1) is 12.6. The van der Waals surface area contributed by atoms with Gasteiger partial charge in [-0.25, -0.2) is 4.79 Å². The molecule has 1 saturated heterocycles. The molecule has 2 bridgehead atoms. The van der Waals surface area contributed by atoms with E-state index in [1.54, 1.807) is 12.1 Å². The molecule has 3 aliphatic rings. The number of imide groups is 1. The summed E-state index contributed by atoms with van der Waals surface area (Å²) in [5, 5.41) is 2.03. The summed E-state index contributed by atoms with van der Waals surface area (Å²) < 4.78 is 5.39. The number of fused-ring (bicyclic) bond motifs is 6. The van der Waals surface area contributed by atoms with Gasteiger partial charge in [0.15, 0.2) is 0 Å². The maximum Gasteiger partial charge on any atom is 0.331 e. The molecule has 2 amide bonds. The van der Waals surface area contributed by atoms with Gasteiger partial charge in [0.25, 0.3) is 0 Å². The lowest BCUT2D eigenvalue weighted by Crippen LogP contribution is -2.38. The van der Waals surface area contributed by atoms with Gasteiger partial charge < -0.3 is 4.74 Å². The standard InChI is InChI=1S/C21H19NO4/c23-17(26-16-8-7-12-3-1-2-4-13(12)10-16)11-22-20(24)18-14-5-6-15(9-14)19(18)21(22)25/h1-4,7-8,10,14-15,18-19H,5-6,9,11H2. The maximum absolute atomic E-state index is 12.6. The van der Waals surface area contributed by atoms with Crippen molar-refractivity contribution in [3.05, 3.63) is 42.5 Å². The molecule has 2 aliphatic carbocycles. The van der Waals surface area contributed by atoms with E-state index in [9.17, 15) is 14.4 Å². The predicted octanol–water partition coefficient (Wildman–Crippen LogP) is 2.78. The third-order valence-corrected chi connectivity index (χ3v) is 6.26. The minimum atomic E-state index is -0.575. The highest BCUT2D eigenvalue weighted by Gasteiger charge is 2.61. The van der Waals surface area contributed by atoms with Crippen molar-refractivity contribution in [2.75, 3.05) is 6.54 Å². The van der Waals surface area contributed by atoms with Gasteiger partial charge in [-0.15, -0.1) is 0 Å². The first-order valence-electron chi connectivity index (χ1n) is 9.16. The molecule has 0 aromatic heterocycles. The van der Waals surface area contributed by atoms with Gasteiger partial charge in [0.05, 0.1) is 11.8 Å². The summed E-state index contributed by atoms with van der Waals surface area (Å²) in [6.07, 6.45) is 3.04. The zero-order valence-electron chi connectivity index (χ0n) is 14.3. The number of ether oxygens (including phenoxy) is 1. The van der Waals surface area contributed by atoms with Crippen molar-refractivity contribution in [1.29, 1.82) is 0 Å². The number of carbonyl (C=O) groups is 3. The van der Waals surface area contributed by atoms with Gasteiger partial charge >= 0.3 is 5.97 Å². The van der Waals surface area contributed by atoms with Gasteiger partial charge in [0, 0.05) is 0 Å². The molecule has 2 saturated carbocycles. The van der Waals surface area contributed by atoms with Gasteiger partial charge in [-0.2, -0.15) is 0 Å². The average molecular weight is 349 g/mol. The van der Waals surface area contributed by atoms with Crippen LogP contribution in [0.15, 0.2) is 42.5 Å². The molecular weight excluding hydrogens is 330 g/mol. The third-order valence-electron chi connectivity index (χ3n) is 6.26. The van der Waals surface area contributed by atoms with Crippen LogP contribution in [0.2, 0.25) is 0 Å². The van der Waals surface area contributed by atoms with Crippen LogP contribution in [0.25, 0.3) is 10.8 Å². The highest BCUT2D eigenvalue weighted by atomic mass is 16.5. The van der Waals surface area contributed by atoms with E-state index in [2.05, 4.69) is 0 Å². The summed E-state index contributed by atoms with van der Waals surface area (Å²) >= 11 is 0. The van der Waals surface area contributed by atoms with Crippen LogP contribution in [0.4, 0.5) is 0 Å². The van der Waals surface area contributed by atoms with Crippen LogP contribution in [0.5, 0.6) is 5.75 Å². The Labute approximate surface area is 150 Å². The van der Waals surface area contributed by atoms with Gasteiger partial charge in [-0.3, -0.25) is 14.5 Å². The van der Waals surface area contributed by atoms with Gasteiger partial charge in [0.2, 0.25) is 11.8 Å². The number of carbonyl (C=O) groups excluding carboxylic acids is 3. The van der Waals surface area contributed by atoms with E-state index in [0.29, 0.717) is 17.6 Å². The monoisotopic (exact) mass is 349 g/mol. The summed E-state index contributed by atoms with van der Waals surface area (Å²) in [6, 6.07) is 13.2. The Hall–Kier alpha value is -2.69. The van der Waals surface area contributed by atoms with Gasteiger partial charge in [0.1, 0.15) is 12.3 Å². The van der Waals surface area contributed by atoms with Crippen molar-refractivity contribution in [2.45, 2.75) is 19.3 Å². The molecule has 1 heterocycles. The normalized spacial score (nSPS) is 29.5. The molecule has 0 N–H and O–H groups in total. The van der Waals surface area contributed by atoms with Gasteiger partial charge in [-0.1, -0.05) is 30.3 Å². The number of nitrogens with zero attached hydrogens (tertiary/aromatic N) is 1. The molecule has 0 radical (unpaired) electrons. The van der Waals surface area contributed by atoms with E-state index in [1.807, 2.05) is 30.3 Å². The van der Waals surface area contributed by atoms with Gasteiger partial charge in [-0.05, 0) is 54.0 Å². The highest BCUT2D eigenvalue weighted by molar-refractivity contribution is 6.07. The van der Waals surface area contributed by atoms with Crippen molar-refractivity contribution in [3.8, 4) is 5.75 Å². The Balaban J connectivity index is 1.31. The molecular formula is C21H19NO4. The zero-order valence-corrected chi connectivity index (χ0v) is 14.3.